The topological polar surface area (TPSA) is 68.2 Å². The first-order valence-electron chi connectivity index (χ1n) is 6.93. The van der Waals surface area contributed by atoms with E-state index in [1.54, 1.807) is 43.1 Å². The number of hydrogen-bond donors (Lipinski definition) is 0. The molecule has 6 heteroatoms. The largest absolute Gasteiger partial charge is 0.482 e. The molecular formula is C15H16N4O2. The first kappa shape index (κ1) is 13.5. The lowest BCUT2D eigenvalue weighted by atomic mass is 10.1. The standard InChI is InChI=1S/C15H16N4O2/c20-15(11-21-12-3-1-5-16-9-12)19-8-2-4-14(19)13-10-17-6-7-18-13/h1,3,5-7,9-10,14H,2,4,8,11H2/t14-/m0/s1. The van der Waals surface area contributed by atoms with Crippen molar-refractivity contribution in [1.82, 2.24) is 19.9 Å². The summed E-state index contributed by atoms with van der Waals surface area (Å²) in [7, 11) is 0. The molecule has 0 unspecified atom stereocenters. The molecule has 0 aromatic carbocycles. The van der Waals surface area contributed by atoms with Crippen LogP contribution in [0.2, 0.25) is 0 Å². The third-order valence-corrected chi connectivity index (χ3v) is 3.49. The van der Waals surface area contributed by atoms with E-state index in [1.165, 1.54) is 0 Å². The van der Waals surface area contributed by atoms with Crippen molar-refractivity contribution in [3.05, 3.63) is 48.8 Å². The number of nitrogens with zero attached hydrogens (tertiary/aromatic N) is 4. The van der Waals surface area contributed by atoms with E-state index < -0.39 is 0 Å². The van der Waals surface area contributed by atoms with Gasteiger partial charge >= 0.3 is 0 Å². The van der Waals surface area contributed by atoms with Crippen molar-refractivity contribution in [2.24, 2.45) is 0 Å². The summed E-state index contributed by atoms with van der Waals surface area (Å²) in [5.74, 6) is 0.563. The number of pyridine rings is 1. The maximum absolute atomic E-state index is 12.3. The van der Waals surface area contributed by atoms with Crippen molar-refractivity contribution >= 4 is 5.91 Å². The second-order valence-corrected chi connectivity index (χ2v) is 4.85. The quantitative estimate of drug-likeness (QED) is 0.853. The Balaban J connectivity index is 1.64. The first-order chi connectivity index (χ1) is 10.3. The van der Waals surface area contributed by atoms with E-state index in [1.807, 2.05) is 4.90 Å². The molecule has 0 bridgehead atoms. The van der Waals surface area contributed by atoms with Gasteiger partial charge < -0.3 is 9.64 Å². The maximum atomic E-state index is 12.3. The van der Waals surface area contributed by atoms with Gasteiger partial charge in [0, 0.05) is 25.1 Å². The van der Waals surface area contributed by atoms with Crippen LogP contribution in [0.1, 0.15) is 24.6 Å². The number of likely N-dealkylation sites (tertiary alicyclic amines) is 1. The molecule has 1 amide bonds. The summed E-state index contributed by atoms with van der Waals surface area (Å²) in [4.78, 5) is 26.5. The molecule has 2 aromatic rings. The number of rotatable bonds is 4. The van der Waals surface area contributed by atoms with Crippen LogP contribution in [0.4, 0.5) is 0 Å². The number of carbonyl (C=O) groups is 1. The average Bonchev–Trinajstić information content (AvgIpc) is 3.04. The fourth-order valence-electron chi connectivity index (χ4n) is 2.52. The van der Waals surface area contributed by atoms with Crippen molar-refractivity contribution in [2.75, 3.05) is 13.2 Å². The van der Waals surface area contributed by atoms with Gasteiger partial charge in [0.25, 0.3) is 5.91 Å². The molecule has 1 atom stereocenters. The van der Waals surface area contributed by atoms with Crippen LogP contribution < -0.4 is 4.74 Å². The Bertz CT molecular complexity index is 591. The normalized spacial score (nSPS) is 17.7. The molecule has 2 aromatic heterocycles. The highest BCUT2D eigenvalue weighted by Crippen LogP contribution is 2.30. The second kappa shape index (κ2) is 6.30. The van der Waals surface area contributed by atoms with E-state index in [0.717, 1.165) is 25.1 Å². The lowest BCUT2D eigenvalue weighted by molar-refractivity contribution is -0.134. The molecule has 6 nitrogen and oxygen atoms in total. The van der Waals surface area contributed by atoms with Gasteiger partial charge in [-0.2, -0.15) is 0 Å². The van der Waals surface area contributed by atoms with Crippen LogP contribution in [-0.2, 0) is 4.79 Å². The Kier molecular flexibility index (Phi) is 4.04. The summed E-state index contributed by atoms with van der Waals surface area (Å²) in [6.07, 6.45) is 10.2. The third kappa shape index (κ3) is 3.16. The Morgan fingerprint density at radius 2 is 2.19 bits per heavy atom. The summed E-state index contributed by atoms with van der Waals surface area (Å²) in [5.41, 5.74) is 0.838. The summed E-state index contributed by atoms with van der Waals surface area (Å²) in [6, 6.07) is 3.56. The molecule has 0 saturated carbocycles. The van der Waals surface area contributed by atoms with Crippen LogP contribution in [0, 0.1) is 0 Å². The predicted molar refractivity (Wildman–Crippen MR) is 75.5 cm³/mol. The molecule has 1 saturated heterocycles. The van der Waals surface area contributed by atoms with Crippen molar-refractivity contribution in [3.63, 3.8) is 0 Å². The summed E-state index contributed by atoms with van der Waals surface area (Å²) in [5, 5.41) is 0. The third-order valence-electron chi connectivity index (χ3n) is 3.49. The predicted octanol–water partition coefficient (Wildman–Crippen LogP) is 1.61. The molecule has 1 aliphatic heterocycles. The van der Waals surface area contributed by atoms with E-state index >= 15 is 0 Å². The maximum Gasteiger partial charge on any atom is 0.261 e. The second-order valence-electron chi connectivity index (χ2n) is 4.85. The minimum Gasteiger partial charge on any atom is -0.482 e. The van der Waals surface area contributed by atoms with Gasteiger partial charge in [0.05, 0.1) is 24.1 Å². The molecule has 0 radical (unpaired) electrons. The van der Waals surface area contributed by atoms with Gasteiger partial charge in [-0.15, -0.1) is 0 Å². The lowest BCUT2D eigenvalue weighted by Crippen LogP contribution is -2.34. The van der Waals surface area contributed by atoms with Crippen molar-refractivity contribution in [3.8, 4) is 5.75 Å². The van der Waals surface area contributed by atoms with E-state index in [9.17, 15) is 4.79 Å². The van der Waals surface area contributed by atoms with Crippen LogP contribution >= 0.6 is 0 Å². The van der Waals surface area contributed by atoms with Crippen LogP contribution in [0.5, 0.6) is 5.75 Å². The molecule has 108 valence electrons. The fraction of sp³-hybridized carbons (Fsp3) is 0.333. The van der Waals surface area contributed by atoms with Crippen molar-refractivity contribution < 1.29 is 9.53 Å². The Morgan fingerprint density at radius 3 is 2.95 bits per heavy atom. The number of hydrogen-bond acceptors (Lipinski definition) is 5. The van der Waals surface area contributed by atoms with E-state index in [4.69, 9.17) is 4.74 Å². The number of ether oxygens (including phenoxy) is 1. The highest BCUT2D eigenvalue weighted by Gasteiger charge is 2.31. The number of aromatic nitrogens is 3. The minimum atomic E-state index is -0.0352. The van der Waals surface area contributed by atoms with E-state index in [0.29, 0.717) is 5.75 Å². The summed E-state index contributed by atoms with van der Waals surface area (Å²) < 4.78 is 5.47. The van der Waals surface area contributed by atoms with E-state index in [2.05, 4.69) is 15.0 Å². The fourth-order valence-corrected chi connectivity index (χ4v) is 2.52. The Hall–Kier alpha value is -2.50. The van der Waals surface area contributed by atoms with Gasteiger partial charge in [-0.1, -0.05) is 0 Å². The minimum absolute atomic E-state index is 0.00342. The molecule has 3 rings (SSSR count). The van der Waals surface area contributed by atoms with Crippen LogP contribution in [-0.4, -0.2) is 38.9 Å². The molecule has 0 spiro atoms. The monoisotopic (exact) mass is 284 g/mol. The SMILES string of the molecule is O=C(COc1cccnc1)N1CCC[C@H]1c1cnccn1. The Morgan fingerprint density at radius 1 is 1.29 bits per heavy atom. The number of amides is 1. The number of carbonyl (C=O) groups excluding carboxylic acids is 1. The Labute approximate surface area is 122 Å². The molecule has 1 fully saturated rings. The van der Waals surface area contributed by atoms with Crippen LogP contribution in [0.15, 0.2) is 43.1 Å². The molecular weight excluding hydrogens is 268 g/mol. The van der Waals surface area contributed by atoms with Crippen LogP contribution in [0.25, 0.3) is 0 Å². The molecule has 1 aliphatic rings. The zero-order valence-corrected chi connectivity index (χ0v) is 11.6. The zero-order valence-electron chi connectivity index (χ0n) is 11.6. The van der Waals surface area contributed by atoms with Gasteiger partial charge in [-0.05, 0) is 25.0 Å². The van der Waals surface area contributed by atoms with Crippen molar-refractivity contribution in [2.45, 2.75) is 18.9 Å². The van der Waals surface area contributed by atoms with E-state index in [-0.39, 0.29) is 18.6 Å². The van der Waals surface area contributed by atoms with Gasteiger partial charge in [-0.25, -0.2) is 0 Å². The van der Waals surface area contributed by atoms with Gasteiger partial charge in [0.15, 0.2) is 6.61 Å². The highest BCUT2D eigenvalue weighted by atomic mass is 16.5. The lowest BCUT2D eigenvalue weighted by Gasteiger charge is -2.24. The molecule has 0 aliphatic carbocycles. The van der Waals surface area contributed by atoms with Crippen molar-refractivity contribution in [1.29, 1.82) is 0 Å². The van der Waals surface area contributed by atoms with Gasteiger partial charge in [0.2, 0.25) is 0 Å². The molecule has 3 heterocycles. The van der Waals surface area contributed by atoms with Crippen LogP contribution in [0.3, 0.4) is 0 Å². The van der Waals surface area contributed by atoms with Gasteiger partial charge in [0.1, 0.15) is 5.75 Å². The highest BCUT2D eigenvalue weighted by molar-refractivity contribution is 5.78. The first-order valence-corrected chi connectivity index (χ1v) is 6.93. The summed E-state index contributed by atoms with van der Waals surface area (Å²) >= 11 is 0. The zero-order chi connectivity index (χ0) is 14.5. The molecule has 21 heavy (non-hydrogen) atoms. The smallest absolute Gasteiger partial charge is 0.261 e. The average molecular weight is 284 g/mol. The van der Waals surface area contributed by atoms with Gasteiger partial charge in [-0.3, -0.25) is 19.7 Å². The summed E-state index contributed by atoms with van der Waals surface area (Å²) in [6.45, 7) is 0.749. The molecule has 0 N–H and O–H groups in total.